The highest BCUT2D eigenvalue weighted by molar-refractivity contribution is 7.92. The van der Waals surface area contributed by atoms with Crippen LogP contribution in [0.1, 0.15) is 51.5 Å². The molecular weight excluding hydrogens is 402 g/mol. The summed E-state index contributed by atoms with van der Waals surface area (Å²) in [5.41, 5.74) is 4.23. The summed E-state index contributed by atoms with van der Waals surface area (Å²) < 4.78 is 30.4. The van der Waals surface area contributed by atoms with Crippen LogP contribution >= 0.6 is 0 Å². The number of aromatic carboxylic acids is 1. The van der Waals surface area contributed by atoms with Gasteiger partial charge in [-0.15, -0.1) is 0 Å². The third kappa shape index (κ3) is 3.70. The van der Waals surface area contributed by atoms with Gasteiger partial charge < -0.3 is 5.11 Å². The van der Waals surface area contributed by atoms with Gasteiger partial charge in [0.25, 0.3) is 10.0 Å². The first-order chi connectivity index (χ1) is 14.2. The van der Waals surface area contributed by atoms with Gasteiger partial charge in [0.15, 0.2) is 0 Å². The predicted molar refractivity (Wildman–Crippen MR) is 114 cm³/mol. The summed E-state index contributed by atoms with van der Waals surface area (Å²) in [6.07, 6.45) is 3.19. The topological polar surface area (TPSA) is 101 Å². The number of carbonyl (C=O) groups is 1. The zero-order valence-corrected chi connectivity index (χ0v) is 17.8. The second-order valence-corrected chi connectivity index (χ2v) is 9.44. The SMILES string of the molecule is Cc1cc(C)c(S(=O)(=O)Nc2cccc(-n3ncc(C(=O)O)c3C3CC3)c2)c(C)c1. The van der Waals surface area contributed by atoms with Crippen LogP contribution in [0.4, 0.5) is 5.69 Å². The quantitative estimate of drug-likeness (QED) is 0.617. The molecule has 2 N–H and O–H groups in total. The summed E-state index contributed by atoms with van der Waals surface area (Å²) >= 11 is 0. The van der Waals surface area contributed by atoms with Crippen molar-refractivity contribution in [2.45, 2.75) is 44.4 Å². The van der Waals surface area contributed by atoms with E-state index in [1.54, 1.807) is 42.8 Å². The van der Waals surface area contributed by atoms with Gasteiger partial charge in [-0.1, -0.05) is 23.8 Å². The Bertz CT molecular complexity index is 1230. The molecule has 1 fully saturated rings. The van der Waals surface area contributed by atoms with Crippen LogP contribution in [0, 0.1) is 20.8 Å². The molecule has 1 saturated carbocycles. The number of rotatable bonds is 6. The van der Waals surface area contributed by atoms with Gasteiger partial charge in [-0.05, 0) is 62.9 Å². The Morgan fingerprint density at radius 2 is 1.80 bits per heavy atom. The van der Waals surface area contributed by atoms with Gasteiger partial charge in [0.2, 0.25) is 0 Å². The highest BCUT2D eigenvalue weighted by Crippen LogP contribution is 2.42. The molecule has 1 aliphatic rings. The van der Waals surface area contributed by atoms with E-state index in [9.17, 15) is 18.3 Å². The lowest BCUT2D eigenvalue weighted by Gasteiger charge is -2.15. The third-order valence-corrected chi connectivity index (χ3v) is 6.90. The first kappa shape index (κ1) is 20.2. The Kier molecular flexibility index (Phi) is 4.89. The van der Waals surface area contributed by atoms with Gasteiger partial charge in [0, 0.05) is 5.92 Å². The number of aryl methyl sites for hydroxylation is 3. The van der Waals surface area contributed by atoms with Crippen LogP contribution in [-0.4, -0.2) is 29.3 Å². The van der Waals surface area contributed by atoms with Crippen molar-refractivity contribution >= 4 is 21.7 Å². The summed E-state index contributed by atoms with van der Waals surface area (Å²) in [6.45, 7) is 5.49. The average molecular weight is 426 g/mol. The predicted octanol–water partition coefficient (Wildman–Crippen LogP) is 4.17. The van der Waals surface area contributed by atoms with Gasteiger partial charge in [-0.25, -0.2) is 17.9 Å². The van der Waals surface area contributed by atoms with E-state index in [4.69, 9.17) is 0 Å². The maximum atomic E-state index is 13.1. The monoisotopic (exact) mass is 425 g/mol. The van der Waals surface area contributed by atoms with Crippen molar-refractivity contribution in [3.8, 4) is 5.69 Å². The fourth-order valence-electron chi connectivity index (χ4n) is 3.98. The molecule has 8 heteroatoms. The summed E-state index contributed by atoms with van der Waals surface area (Å²) in [4.78, 5) is 11.8. The number of sulfonamides is 1. The number of nitrogens with zero attached hydrogens (tertiary/aromatic N) is 2. The van der Waals surface area contributed by atoms with Gasteiger partial charge in [-0.3, -0.25) is 4.72 Å². The standard InChI is InChI=1S/C22H23N3O4S/c1-13-9-14(2)21(15(3)10-13)30(28,29)24-17-5-4-6-18(11-17)25-20(16-7-8-16)19(12-23-25)22(26)27/h4-6,9-12,16,24H,7-8H2,1-3H3,(H,26,27). The molecular formula is C22H23N3O4S. The number of hydrogen-bond donors (Lipinski definition) is 2. The van der Waals surface area contributed by atoms with Crippen molar-refractivity contribution in [2.75, 3.05) is 4.72 Å². The van der Waals surface area contributed by atoms with Crippen LogP contribution in [0.15, 0.2) is 47.5 Å². The molecule has 3 aromatic rings. The van der Waals surface area contributed by atoms with Crippen LogP contribution in [0.3, 0.4) is 0 Å². The Morgan fingerprint density at radius 3 is 2.40 bits per heavy atom. The number of carboxylic acid groups (broad SMARTS) is 1. The van der Waals surface area contributed by atoms with E-state index in [0.29, 0.717) is 28.2 Å². The second-order valence-electron chi connectivity index (χ2n) is 7.82. The van der Waals surface area contributed by atoms with Gasteiger partial charge >= 0.3 is 5.97 Å². The molecule has 1 heterocycles. The summed E-state index contributed by atoms with van der Waals surface area (Å²) in [6, 6.07) is 10.5. The van der Waals surface area contributed by atoms with Crippen LogP contribution < -0.4 is 4.72 Å². The van der Waals surface area contributed by atoms with Crippen molar-refractivity contribution in [2.24, 2.45) is 0 Å². The molecule has 0 amide bonds. The number of hydrogen-bond acceptors (Lipinski definition) is 4. The number of carboxylic acids is 1. The number of nitrogens with one attached hydrogen (secondary N) is 1. The third-order valence-electron chi connectivity index (χ3n) is 5.22. The van der Waals surface area contributed by atoms with Crippen molar-refractivity contribution in [1.29, 1.82) is 0 Å². The molecule has 0 saturated heterocycles. The van der Waals surface area contributed by atoms with E-state index in [1.165, 1.54) is 6.20 Å². The average Bonchev–Trinajstić information content (AvgIpc) is 3.37. The minimum atomic E-state index is -3.79. The maximum absolute atomic E-state index is 13.1. The molecule has 2 aromatic carbocycles. The minimum absolute atomic E-state index is 0.164. The zero-order valence-electron chi connectivity index (χ0n) is 17.0. The lowest BCUT2D eigenvalue weighted by Crippen LogP contribution is -2.16. The highest BCUT2D eigenvalue weighted by atomic mass is 32.2. The first-order valence-corrected chi connectivity index (χ1v) is 11.2. The molecule has 1 aliphatic carbocycles. The molecule has 0 radical (unpaired) electrons. The Balaban J connectivity index is 1.71. The van der Waals surface area contributed by atoms with Crippen molar-refractivity contribution < 1.29 is 18.3 Å². The van der Waals surface area contributed by atoms with E-state index in [1.807, 2.05) is 19.1 Å². The molecule has 4 rings (SSSR count). The molecule has 0 aliphatic heterocycles. The van der Waals surface area contributed by atoms with Crippen molar-refractivity contribution in [3.05, 3.63) is 70.5 Å². The summed E-state index contributed by atoms with van der Waals surface area (Å²) in [5, 5.41) is 13.7. The largest absolute Gasteiger partial charge is 0.478 e. The lowest BCUT2D eigenvalue weighted by atomic mass is 10.1. The van der Waals surface area contributed by atoms with Gasteiger partial charge in [0.1, 0.15) is 5.56 Å². The zero-order chi connectivity index (χ0) is 21.6. The normalized spacial score (nSPS) is 14.0. The number of benzene rings is 2. The maximum Gasteiger partial charge on any atom is 0.339 e. The molecule has 156 valence electrons. The van der Waals surface area contributed by atoms with Crippen LogP contribution in [0.25, 0.3) is 5.69 Å². The van der Waals surface area contributed by atoms with E-state index in [-0.39, 0.29) is 16.4 Å². The smallest absolute Gasteiger partial charge is 0.339 e. The first-order valence-electron chi connectivity index (χ1n) is 9.69. The van der Waals surface area contributed by atoms with Crippen LogP contribution in [0.2, 0.25) is 0 Å². The Morgan fingerprint density at radius 1 is 1.13 bits per heavy atom. The van der Waals surface area contributed by atoms with Crippen LogP contribution in [0.5, 0.6) is 0 Å². The Hall–Kier alpha value is -3.13. The fraction of sp³-hybridized carbons (Fsp3) is 0.273. The lowest BCUT2D eigenvalue weighted by molar-refractivity contribution is 0.0695. The molecule has 0 bridgehead atoms. The van der Waals surface area contributed by atoms with Crippen LogP contribution in [-0.2, 0) is 10.0 Å². The second kappa shape index (κ2) is 7.28. The highest BCUT2D eigenvalue weighted by Gasteiger charge is 2.33. The number of anilines is 1. The molecule has 0 spiro atoms. The number of aromatic nitrogens is 2. The van der Waals surface area contributed by atoms with E-state index in [0.717, 1.165) is 18.4 Å². The summed E-state index contributed by atoms with van der Waals surface area (Å²) in [7, 11) is -3.79. The molecule has 7 nitrogen and oxygen atoms in total. The van der Waals surface area contributed by atoms with E-state index in [2.05, 4.69) is 9.82 Å². The molecule has 1 aromatic heterocycles. The molecule has 30 heavy (non-hydrogen) atoms. The van der Waals surface area contributed by atoms with E-state index < -0.39 is 16.0 Å². The van der Waals surface area contributed by atoms with Crippen molar-refractivity contribution in [1.82, 2.24) is 9.78 Å². The summed E-state index contributed by atoms with van der Waals surface area (Å²) in [5.74, 6) is -0.845. The Labute approximate surface area is 175 Å². The molecule has 0 unspecified atom stereocenters. The minimum Gasteiger partial charge on any atom is -0.478 e. The van der Waals surface area contributed by atoms with Crippen molar-refractivity contribution in [3.63, 3.8) is 0 Å². The van der Waals surface area contributed by atoms with E-state index >= 15 is 0 Å². The van der Waals surface area contributed by atoms with Gasteiger partial charge in [0.05, 0.1) is 28.2 Å². The molecule has 0 atom stereocenters. The fourth-order valence-corrected chi connectivity index (χ4v) is 5.48. The van der Waals surface area contributed by atoms with Gasteiger partial charge in [-0.2, -0.15) is 5.10 Å².